The Balaban J connectivity index is 2.09. The van der Waals surface area contributed by atoms with Crippen molar-refractivity contribution in [2.24, 2.45) is 0 Å². The minimum Gasteiger partial charge on any atom is -0.399 e. The summed E-state index contributed by atoms with van der Waals surface area (Å²) in [6.07, 6.45) is 0.967. The van der Waals surface area contributed by atoms with E-state index in [9.17, 15) is 4.79 Å². The molecule has 1 aliphatic heterocycles. The summed E-state index contributed by atoms with van der Waals surface area (Å²) >= 11 is 0. The number of carbonyl (C=O) groups is 1. The first-order chi connectivity index (χ1) is 8.08. The quantitative estimate of drug-likeness (QED) is 0.762. The highest BCUT2D eigenvalue weighted by molar-refractivity contribution is 5.96. The van der Waals surface area contributed by atoms with Crippen LogP contribution in [0.25, 0.3) is 0 Å². The molecule has 1 saturated heterocycles. The maximum absolute atomic E-state index is 12.1. The Kier molecular flexibility index (Phi) is 3.33. The van der Waals surface area contributed by atoms with Gasteiger partial charge in [0, 0.05) is 17.9 Å². The van der Waals surface area contributed by atoms with E-state index < -0.39 is 0 Å². The molecular weight excluding hydrogens is 216 g/mol. The van der Waals surface area contributed by atoms with Crippen molar-refractivity contribution in [3.63, 3.8) is 0 Å². The minimum atomic E-state index is -0.0511. The van der Waals surface area contributed by atoms with Crippen LogP contribution >= 0.6 is 0 Å². The van der Waals surface area contributed by atoms with Gasteiger partial charge in [-0.1, -0.05) is 0 Å². The van der Waals surface area contributed by atoms with Crippen LogP contribution in [0, 0.1) is 6.92 Å². The summed E-state index contributed by atoms with van der Waals surface area (Å²) < 4.78 is 5.42. The molecule has 1 heterocycles. The van der Waals surface area contributed by atoms with Gasteiger partial charge >= 0.3 is 0 Å². The van der Waals surface area contributed by atoms with Crippen LogP contribution in [0.1, 0.15) is 29.3 Å². The number of nitrogen functional groups attached to an aromatic ring is 1. The van der Waals surface area contributed by atoms with Gasteiger partial charge in [0.2, 0.25) is 0 Å². The van der Waals surface area contributed by atoms with Gasteiger partial charge in [0.1, 0.15) is 0 Å². The van der Waals surface area contributed by atoms with Crippen LogP contribution in [0.5, 0.6) is 0 Å². The summed E-state index contributed by atoms with van der Waals surface area (Å²) in [5, 5.41) is 3.00. The molecule has 1 amide bonds. The second-order valence-electron chi connectivity index (χ2n) is 4.52. The third-order valence-corrected chi connectivity index (χ3v) is 3.19. The van der Waals surface area contributed by atoms with Crippen LogP contribution < -0.4 is 11.1 Å². The van der Waals surface area contributed by atoms with Crippen molar-refractivity contribution >= 4 is 11.6 Å². The first kappa shape index (κ1) is 11.9. The summed E-state index contributed by atoms with van der Waals surface area (Å²) in [5.41, 5.74) is 7.92. The average Bonchev–Trinajstić information content (AvgIpc) is 2.64. The number of anilines is 1. The highest BCUT2D eigenvalue weighted by atomic mass is 16.5. The number of hydrogen-bond acceptors (Lipinski definition) is 3. The number of nitrogens with two attached hydrogens (primary N) is 1. The Bertz CT molecular complexity index is 431. The summed E-state index contributed by atoms with van der Waals surface area (Å²) in [4.78, 5) is 12.1. The first-order valence-electron chi connectivity index (χ1n) is 5.86. The molecule has 4 heteroatoms. The molecule has 2 atom stereocenters. The van der Waals surface area contributed by atoms with E-state index in [1.54, 1.807) is 12.1 Å². The van der Waals surface area contributed by atoms with Crippen molar-refractivity contribution in [2.45, 2.75) is 32.4 Å². The Labute approximate surface area is 101 Å². The molecule has 2 unspecified atom stereocenters. The fourth-order valence-electron chi connectivity index (χ4n) is 2.11. The maximum Gasteiger partial charge on any atom is 0.251 e. The van der Waals surface area contributed by atoms with Crippen molar-refractivity contribution in [3.8, 4) is 0 Å². The lowest BCUT2D eigenvalue weighted by Crippen LogP contribution is -2.39. The van der Waals surface area contributed by atoms with Crippen molar-refractivity contribution < 1.29 is 9.53 Å². The van der Waals surface area contributed by atoms with Gasteiger partial charge in [0.25, 0.3) is 5.91 Å². The first-order valence-corrected chi connectivity index (χ1v) is 5.86. The fraction of sp³-hybridized carbons (Fsp3) is 0.462. The van der Waals surface area contributed by atoms with Gasteiger partial charge in [-0.2, -0.15) is 0 Å². The standard InChI is InChI=1S/C13H18N2O2/c1-8-7-10(14)3-4-11(8)13(16)15-12-5-6-17-9(12)2/h3-4,7,9,12H,5-6,14H2,1-2H3,(H,15,16). The molecule has 1 fully saturated rings. The van der Waals surface area contributed by atoms with Gasteiger partial charge in [0.15, 0.2) is 0 Å². The van der Waals surface area contributed by atoms with Gasteiger partial charge < -0.3 is 15.8 Å². The molecule has 4 nitrogen and oxygen atoms in total. The second kappa shape index (κ2) is 4.75. The third-order valence-electron chi connectivity index (χ3n) is 3.19. The van der Waals surface area contributed by atoms with E-state index in [1.807, 2.05) is 19.9 Å². The van der Waals surface area contributed by atoms with Crippen LogP contribution in [-0.2, 0) is 4.74 Å². The number of rotatable bonds is 2. The predicted octanol–water partition coefficient (Wildman–Crippen LogP) is 1.48. The molecule has 3 N–H and O–H groups in total. The average molecular weight is 234 g/mol. The van der Waals surface area contributed by atoms with E-state index in [0.717, 1.165) is 12.0 Å². The molecule has 17 heavy (non-hydrogen) atoms. The highest BCUT2D eigenvalue weighted by Crippen LogP contribution is 2.16. The van der Waals surface area contributed by atoms with E-state index in [2.05, 4.69) is 5.32 Å². The zero-order valence-electron chi connectivity index (χ0n) is 10.2. The van der Waals surface area contributed by atoms with Crippen molar-refractivity contribution in [1.29, 1.82) is 0 Å². The topological polar surface area (TPSA) is 64.4 Å². The lowest BCUT2D eigenvalue weighted by molar-refractivity contribution is 0.0865. The summed E-state index contributed by atoms with van der Waals surface area (Å²) in [5.74, 6) is -0.0511. The Morgan fingerprint density at radius 3 is 2.88 bits per heavy atom. The van der Waals surface area contributed by atoms with Crippen LogP contribution in [0.2, 0.25) is 0 Å². The van der Waals surface area contributed by atoms with Crippen LogP contribution in [0.4, 0.5) is 5.69 Å². The number of ether oxygens (including phenoxy) is 1. The molecule has 0 saturated carbocycles. The monoisotopic (exact) mass is 234 g/mol. The number of hydrogen-bond donors (Lipinski definition) is 2. The molecule has 1 aromatic rings. The summed E-state index contributed by atoms with van der Waals surface area (Å²) in [7, 11) is 0. The minimum absolute atomic E-state index is 0.0511. The summed E-state index contributed by atoms with van der Waals surface area (Å²) in [6, 6.07) is 5.43. The Morgan fingerprint density at radius 1 is 1.53 bits per heavy atom. The molecule has 1 aromatic carbocycles. The molecular formula is C13H18N2O2. The van der Waals surface area contributed by atoms with Gasteiger partial charge in [-0.15, -0.1) is 0 Å². The Hall–Kier alpha value is -1.55. The van der Waals surface area contributed by atoms with Crippen LogP contribution in [-0.4, -0.2) is 24.7 Å². The summed E-state index contributed by atoms with van der Waals surface area (Å²) in [6.45, 7) is 4.58. The van der Waals surface area contributed by atoms with E-state index in [4.69, 9.17) is 10.5 Å². The molecule has 2 rings (SSSR count). The number of carbonyl (C=O) groups excluding carboxylic acids is 1. The smallest absolute Gasteiger partial charge is 0.251 e. The molecule has 0 spiro atoms. The number of amides is 1. The molecule has 92 valence electrons. The van der Waals surface area contributed by atoms with Crippen molar-refractivity contribution in [1.82, 2.24) is 5.32 Å². The van der Waals surface area contributed by atoms with Crippen LogP contribution in [0.15, 0.2) is 18.2 Å². The predicted molar refractivity (Wildman–Crippen MR) is 66.9 cm³/mol. The number of benzene rings is 1. The van der Waals surface area contributed by atoms with Gasteiger partial charge in [-0.3, -0.25) is 4.79 Å². The third kappa shape index (κ3) is 2.58. The van der Waals surface area contributed by atoms with Crippen molar-refractivity contribution in [3.05, 3.63) is 29.3 Å². The molecule has 0 aromatic heterocycles. The van der Waals surface area contributed by atoms with Gasteiger partial charge in [0.05, 0.1) is 12.1 Å². The second-order valence-corrected chi connectivity index (χ2v) is 4.52. The van der Waals surface area contributed by atoms with Gasteiger partial charge in [-0.25, -0.2) is 0 Å². The SMILES string of the molecule is Cc1cc(N)ccc1C(=O)NC1CCOC1C. The normalized spacial score (nSPS) is 23.6. The zero-order chi connectivity index (χ0) is 12.4. The number of aryl methyl sites for hydroxylation is 1. The van der Waals surface area contributed by atoms with E-state index >= 15 is 0 Å². The lowest BCUT2D eigenvalue weighted by atomic mass is 10.1. The largest absolute Gasteiger partial charge is 0.399 e. The number of nitrogens with one attached hydrogen (secondary N) is 1. The van der Waals surface area contributed by atoms with E-state index in [1.165, 1.54) is 0 Å². The van der Waals surface area contributed by atoms with E-state index in [-0.39, 0.29) is 18.1 Å². The van der Waals surface area contributed by atoms with Crippen molar-refractivity contribution in [2.75, 3.05) is 12.3 Å². The molecule has 0 aliphatic carbocycles. The zero-order valence-corrected chi connectivity index (χ0v) is 10.2. The van der Waals surface area contributed by atoms with E-state index in [0.29, 0.717) is 17.9 Å². The Morgan fingerprint density at radius 2 is 2.29 bits per heavy atom. The maximum atomic E-state index is 12.1. The van der Waals surface area contributed by atoms with Crippen LogP contribution in [0.3, 0.4) is 0 Å². The lowest BCUT2D eigenvalue weighted by Gasteiger charge is -2.16. The molecule has 1 aliphatic rings. The molecule has 0 bridgehead atoms. The molecule has 0 radical (unpaired) electrons. The van der Waals surface area contributed by atoms with Gasteiger partial charge in [-0.05, 0) is 44.0 Å². The fourth-order valence-corrected chi connectivity index (χ4v) is 2.11. The highest BCUT2D eigenvalue weighted by Gasteiger charge is 2.26.